The van der Waals surface area contributed by atoms with Crippen LogP contribution in [0.1, 0.15) is 50.2 Å². The third kappa shape index (κ3) is 11.5. The number of benzene rings is 1. The Morgan fingerprint density at radius 2 is 0.950 bits per heavy atom. The molecule has 2 rings (SSSR count). The summed E-state index contributed by atoms with van der Waals surface area (Å²) in [6.07, 6.45) is 0. The molecule has 0 spiro atoms. The second kappa shape index (κ2) is 13.8. The van der Waals surface area contributed by atoms with Crippen LogP contribution in [0.15, 0.2) is 42.5 Å². The molecular weight excluding hydrogens is 242 g/mol. The van der Waals surface area contributed by atoms with E-state index in [9.17, 15) is 0 Å². The Kier molecular flexibility index (Phi) is 14.3. The normalized spacial score (nSPS) is 8.00. The molecule has 1 heteroatoms. The lowest BCUT2D eigenvalue weighted by atomic mass is 10.2. The lowest BCUT2D eigenvalue weighted by Crippen LogP contribution is -1.81. The van der Waals surface area contributed by atoms with Crippen LogP contribution in [0.4, 0.5) is 0 Å². The highest BCUT2D eigenvalue weighted by atomic mass is 14.7. The van der Waals surface area contributed by atoms with Gasteiger partial charge in [0.25, 0.3) is 0 Å². The van der Waals surface area contributed by atoms with E-state index in [4.69, 9.17) is 0 Å². The minimum absolute atomic E-state index is 1.09. The van der Waals surface area contributed by atoms with E-state index in [1.165, 1.54) is 11.1 Å². The van der Waals surface area contributed by atoms with Crippen molar-refractivity contribution in [1.29, 1.82) is 0 Å². The summed E-state index contributed by atoms with van der Waals surface area (Å²) in [6.45, 7) is 16.2. The number of pyridine rings is 1. The minimum atomic E-state index is 1.09. The van der Waals surface area contributed by atoms with Gasteiger partial charge >= 0.3 is 0 Å². The Bertz CT molecular complexity index is 369. The molecule has 0 N–H and O–H groups in total. The maximum absolute atomic E-state index is 4.17. The van der Waals surface area contributed by atoms with Gasteiger partial charge in [0.15, 0.2) is 0 Å². The first kappa shape index (κ1) is 20.7. The van der Waals surface area contributed by atoms with Crippen molar-refractivity contribution >= 4 is 0 Å². The zero-order valence-corrected chi connectivity index (χ0v) is 14.5. The van der Waals surface area contributed by atoms with Crippen LogP contribution in [-0.4, -0.2) is 4.98 Å². The molecule has 0 unspecified atom stereocenters. The quantitative estimate of drug-likeness (QED) is 0.569. The fourth-order valence-electron chi connectivity index (χ4n) is 1.49. The predicted molar refractivity (Wildman–Crippen MR) is 92.3 cm³/mol. The molecule has 1 aromatic heterocycles. The van der Waals surface area contributed by atoms with Crippen molar-refractivity contribution in [2.24, 2.45) is 0 Å². The standard InChI is InChI=1S/C8H10.C7H9N.2C2H6/c1-7-4-3-5-8(2)6-7;1-6-4-3-5-7(2)8-6;2*1-2/h3-6H,1-2H3;3-5H,1-2H3;2*1-2H3. The number of nitrogens with zero attached hydrogens (tertiary/aromatic N) is 1. The second-order valence-corrected chi connectivity index (χ2v) is 4.08. The average Bonchev–Trinajstić information content (AvgIpc) is 2.43. The Balaban J connectivity index is 0. The van der Waals surface area contributed by atoms with E-state index in [-0.39, 0.29) is 0 Å². The molecule has 20 heavy (non-hydrogen) atoms. The van der Waals surface area contributed by atoms with Gasteiger partial charge in [0.1, 0.15) is 0 Å². The van der Waals surface area contributed by atoms with Crippen molar-refractivity contribution < 1.29 is 0 Å². The Hall–Kier alpha value is -1.63. The summed E-state index contributed by atoms with van der Waals surface area (Å²) in [4.78, 5) is 4.17. The molecule has 0 atom stereocenters. The second-order valence-electron chi connectivity index (χ2n) is 4.08. The molecule has 112 valence electrons. The number of hydrogen-bond acceptors (Lipinski definition) is 1. The molecule has 0 amide bonds. The van der Waals surface area contributed by atoms with Crippen molar-refractivity contribution in [3.63, 3.8) is 0 Å². The lowest BCUT2D eigenvalue weighted by molar-refractivity contribution is 1.12. The molecule has 1 nitrogen and oxygen atoms in total. The maximum Gasteiger partial charge on any atom is 0.0375 e. The van der Waals surface area contributed by atoms with Gasteiger partial charge in [-0.05, 0) is 39.8 Å². The third-order valence-corrected chi connectivity index (χ3v) is 2.20. The van der Waals surface area contributed by atoms with Gasteiger partial charge in [0, 0.05) is 11.4 Å². The van der Waals surface area contributed by atoms with E-state index in [0.29, 0.717) is 0 Å². The van der Waals surface area contributed by atoms with Crippen LogP contribution in [-0.2, 0) is 0 Å². The SMILES string of the molecule is CC.CC.Cc1cccc(C)c1.Cc1cccc(C)n1. The highest BCUT2D eigenvalue weighted by molar-refractivity contribution is 5.20. The van der Waals surface area contributed by atoms with E-state index in [2.05, 4.69) is 43.1 Å². The Morgan fingerprint density at radius 1 is 0.600 bits per heavy atom. The minimum Gasteiger partial charge on any atom is -0.258 e. The zero-order valence-electron chi connectivity index (χ0n) is 14.5. The lowest BCUT2D eigenvalue weighted by Gasteiger charge is -1.90. The fourth-order valence-corrected chi connectivity index (χ4v) is 1.49. The highest BCUT2D eigenvalue weighted by Gasteiger charge is 1.82. The third-order valence-electron chi connectivity index (χ3n) is 2.20. The van der Waals surface area contributed by atoms with E-state index < -0.39 is 0 Å². The number of hydrogen-bond donors (Lipinski definition) is 0. The van der Waals surface area contributed by atoms with E-state index in [0.717, 1.165) is 11.4 Å². The Labute approximate surface area is 126 Å². The molecule has 1 heterocycles. The summed E-state index contributed by atoms with van der Waals surface area (Å²) in [6, 6.07) is 14.4. The van der Waals surface area contributed by atoms with Crippen LogP contribution in [0.2, 0.25) is 0 Å². The molecule has 0 saturated carbocycles. The average molecular weight is 273 g/mol. The van der Waals surface area contributed by atoms with E-state index in [1.807, 2.05) is 59.7 Å². The van der Waals surface area contributed by atoms with Gasteiger partial charge in [-0.3, -0.25) is 4.98 Å². The zero-order chi connectivity index (χ0) is 16.0. The van der Waals surface area contributed by atoms with Gasteiger partial charge in [-0.2, -0.15) is 0 Å². The molecule has 0 fully saturated rings. The molecule has 2 aromatic rings. The summed E-state index contributed by atoms with van der Waals surface area (Å²) < 4.78 is 0. The van der Waals surface area contributed by atoms with Crippen LogP contribution in [0, 0.1) is 27.7 Å². The smallest absolute Gasteiger partial charge is 0.0375 e. The van der Waals surface area contributed by atoms with Crippen molar-refractivity contribution in [3.8, 4) is 0 Å². The molecule has 0 radical (unpaired) electrons. The number of aromatic nitrogens is 1. The van der Waals surface area contributed by atoms with Crippen LogP contribution in [0.25, 0.3) is 0 Å². The summed E-state index contributed by atoms with van der Waals surface area (Å²) in [5.41, 5.74) is 4.85. The molecule has 1 aromatic carbocycles. The first-order valence-electron chi connectivity index (χ1n) is 7.51. The first-order valence-corrected chi connectivity index (χ1v) is 7.51. The van der Waals surface area contributed by atoms with Crippen LogP contribution in [0.5, 0.6) is 0 Å². The Morgan fingerprint density at radius 3 is 1.15 bits per heavy atom. The summed E-state index contributed by atoms with van der Waals surface area (Å²) in [5, 5.41) is 0. The van der Waals surface area contributed by atoms with Crippen molar-refractivity contribution in [2.75, 3.05) is 0 Å². The maximum atomic E-state index is 4.17. The van der Waals surface area contributed by atoms with Gasteiger partial charge in [0.2, 0.25) is 0 Å². The summed E-state index contributed by atoms with van der Waals surface area (Å²) >= 11 is 0. The van der Waals surface area contributed by atoms with Crippen molar-refractivity contribution in [3.05, 3.63) is 65.0 Å². The van der Waals surface area contributed by atoms with Gasteiger partial charge in [-0.15, -0.1) is 0 Å². The molecule has 0 bridgehead atoms. The first-order chi connectivity index (χ1) is 9.58. The molecule has 0 aliphatic carbocycles. The molecule has 0 saturated heterocycles. The fraction of sp³-hybridized carbons (Fsp3) is 0.421. The summed E-state index contributed by atoms with van der Waals surface area (Å²) in [5.74, 6) is 0. The van der Waals surface area contributed by atoms with Crippen molar-refractivity contribution in [1.82, 2.24) is 4.98 Å². The van der Waals surface area contributed by atoms with Gasteiger partial charge in [0.05, 0.1) is 0 Å². The van der Waals surface area contributed by atoms with Gasteiger partial charge < -0.3 is 0 Å². The molecule has 0 aliphatic rings. The van der Waals surface area contributed by atoms with Crippen LogP contribution in [0.3, 0.4) is 0 Å². The van der Waals surface area contributed by atoms with E-state index in [1.54, 1.807) is 0 Å². The largest absolute Gasteiger partial charge is 0.258 e. The van der Waals surface area contributed by atoms with E-state index >= 15 is 0 Å². The number of rotatable bonds is 0. The molecular formula is C19H31N. The monoisotopic (exact) mass is 273 g/mol. The number of aryl methyl sites for hydroxylation is 4. The predicted octanol–water partition coefficient (Wildman–Crippen LogP) is 6.05. The van der Waals surface area contributed by atoms with Crippen LogP contribution < -0.4 is 0 Å². The topological polar surface area (TPSA) is 12.9 Å². The summed E-state index contributed by atoms with van der Waals surface area (Å²) in [7, 11) is 0. The van der Waals surface area contributed by atoms with Gasteiger partial charge in [-0.1, -0.05) is 69.2 Å². The van der Waals surface area contributed by atoms with Gasteiger partial charge in [-0.25, -0.2) is 0 Å². The van der Waals surface area contributed by atoms with Crippen molar-refractivity contribution in [2.45, 2.75) is 55.4 Å². The highest BCUT2D eigenvalue weighted by Crippen LogP contribution is 2.00. The van der Waals surface area contributed by atoms with Crippen LogP contribution >= 0.6 is 0 Å². The molecule has 0 aliphatic heterocycles.